The van der Waals surface area contributed by atoms with Gasteiger partial charge in [0.1, 0.15) is 0 Å². The lowest BCUT2D eigenvalue weighted by Gasteiger charge is -2.27. The zero-order chi connectivity index (χ0) is 13.5. The zero-order valence-corrected chi connectivity index (χ0v) is 11.6. The summed E-state index contributed by atoms with van der Waals surface area (Å²) in [5, 5.41) is 13.1. The van der Waals surface area contributed by atoms with E-state index in [0.29, 0.717) is 26.2 Å². The first kappa shape index (κ1) is 16.4. The van der Waals surface area contributed by atoms with Gasteiger partial charge in [0, 0.05) is 19.6 Å². The highest BCUT2D eigenvalue weighted by atomic mass is 16.5. The van der Waals surface area contributed by atoms with Gasteiger partial charge in [0.15, 0.2) is 0 Å². The Hall–Kier alpha value is -0.650. The molecule has 0 rings (SSSR count). The van der Waals surface area contributed by atoms with E-state index in [9.17, 15) is 9.90 Å². The van der Waals surface area contributed by atoms with Gasteiger partial charge in [-0.1, -0.05) is 6.92 Å². The molecule has 17 heavy (non-hydrogen) atoms. The van der Waals surface area contributed by atoms with E-state index in [4.69, 9.17) is 4.74 Å². The summed E-state index contributed by atoms with van der Waals surface area (Å²) < 4.78 is 4.90. The third kappa shape index (κ3) is 8.12. The van der Waals surface area contributed by atoms with Gasteiger partial charge in [-0.25, -0.2) is 0 Å². The Labute approximate surface area is 104 Å². The number of carbonyl (C=O) groups is 1. The second-order valence-electron chi connectivity index (χ2n) is 5.02. The highest BCUT2D eigenvalue weighted by molar-refractivity contribution is 5.72. The summed E-state index contributed by atoms with van der Waals surface area (Å²) in [5.74, 6) is -0.391. The fourth-order valence-electron chi connectivity index (χ4n) is 1.66. The quantitative estimate of drug-likeness (QED) is 0.594. The third-order valence-electron chi connectivity index (χ3n) is 2.30. The second-order valence-corrected chi connectivity index (χ2v) is 5.02. The summed E-state index contributed by atoms with van der Waals surface area (Å²) in [6.45, 7) is 7.33. The van der Waals surface area contributed by atoms with Crippen molar-refractivity contribution in [3.63, 3.8) is 0 Å². The standard InChI is InChI=1S/C12H26N2O3/c1-6-17-11(15)10(2)7-13-8-12(3,16)9-14(4)5/h10,13,16H,6-9H2,1-5H3. The van der Waals surface area contributed by atoms with Gasteiger partial charge < -0.3 is 20.1 Å². The molecule has 0 fully saturated rings. The van der Waals surface area contributed by atoms with E-state index in [2.05, 4.69) is 5.32 Å². The number of aliphatic hydroxyl groups is 1. The molecule has 102 valence electrons. The van der Waals surface area contributed by atoms with Gasteiger partial charge in [-0.05, 0) is 27.9 Å². The molecule has 0 amide bonds. The molecule has 0 aromatic carbocycles. The van der Waals surface area contributed by atoms with E-state index in [1.54, 1.807) is 13.8 Å². The lowest BCUT2D eigenvalue weighted by molar-refractivity contribution is -0.147. The molecule has 0 saturated heterocycles. The fourth-order valence-corrected chi connectivity index (χ4v) is 1.66. The maximum Gasteiger partial charge on any atom is 0.309 e. The summed E-state index contributed by atoms with van der Waals surface area (Å²) in [5.41, 5.74) is -0.794. The molecule has 2 N–H and O–H groups in total. The number of ether oxygens (including phenoxy) is 1. The van der Waals surface area contributed by atoms with Gasteiger partial charge in [0.2, 0.25) is 0 Å². The van der Waals surface area contributed by atoms with Crippen LogP contribution < -0.4 is 5.32 Å². The molecule has 0 aromatic heterocycles. The summed E-state index contributed by atoms with van der Waals surface area (Å²) in [6.07, 6.45) is 0. The minimum Gasteiger partial charge on any atom is -0.466 e. The predicted molar refractivity (Wildman–Crippen MR) is 67.8 cm³/mol. The number of hydrogen-bond donors (Lipinski definition) is 2. The Morgan fingerprint density at radius 1 is 1.53 bits per heavy atom. The van der Waals surface area contributed by atoms with Gasteiger partial charge in [-0.15, -0.1) is 0 Å². The number of nitrogens with one attached hydrogen (secondary N) is 1. The lowest BCUT2D eigenvalue weighted by atomic mass is 10.1. The maximum atomic E-state index is 11.3. The summed E-state index contributed by atoms with van der Waals surface area (Å²) in [4.78, 5) is 13.3. The molecule has 2 unspecified atom stereocenters. The van der Waals surface area contributed by atoms with Crippen molar-refractivity contribution in [1.29, 1.82) is 0 Å². The van der Waals surface area contributed by atoms with Crippen LogP contribution in [0.15, 0.2) is 0 Å². The molecular weight excluding hydrogens is 220 g/mol. The van der Waals surface area contributed by atoms with E-state index < -0.39 is 5.60 Å². The molecule has 0 aliphatic heterocycles. The number of esters is 1. The monoisotopic (exact) mass is 246 g/mol. The molecule has 0 saturated carbocycles. The largest absolute Gasteiger partial charge is 0.466 e. The Kier molecular flexibility index (Phi) is 7.34. The van der Waals surface area contributed by atoms with Crippen LogP contribution in [0.5, 0.6) is 0 Å². The molecule has 0 aliphatic carbocycles. The van der Waals surface area contributed by atoms with Gasteiger partial charge >= 0.3 is 5.97 Å². The van der Waals surface area contributed by atoms with E-state index in [1.807, 2.05) is 25.9 Å². The van der Waals surface area contributed by atoms with Crippen LogP contribution in [0.2, 0.25) is 0 Å². The zero-order valence-electron chi connectivity index (χ0n) is 11.6. The van der Waals surface area contributed by atoms with E-state index in [1.165, 1.54) is 0 Å². The Bertz CT molecular complexity index is 230. The topological polar surface area (TPSA) is 61.8 Å². The average molecular weight is 246 g/mol. The van der Waals surface area contributed by atoms with Gasteiger partial charge in [-0.2, -0.15) is 0 Å². The summed E-state index contributed by atoms with van der Waals surface area (Å²) in [6, 6.07) is 0. The average Bonchev–Trinajstić information content (AvgIpc) is 2.15. The maximum absolute atomic E-state index is 11.3. The lowest BCUT2D eigenvalue weighted by Crippen LogP contribution is -2.46. The minimum absolute atomic E-state index is 0.190. The number of nitrogens with zero attached hydrogens (tertiary/aromatic N) is 1. The molecule has 0 aliphatic rings. The van der Waals surface area contributed by atoms with Gasteiger partial charge in [0.05, 0.1) is 18.1 Å². The Morgan fingerprint density at radius 3 is 2.59 bits per heavy atom. The first-order valence-corrected chi connectivity index (χ1v) is 6.03. The molecule has 0 radical (unpaired) electrons. The molecular formula is C12H26N2O3. The predicted octanol–water partition coefficient (Wildman–Crippen LogP) is 0.0878. The van der Waals surface area contributed by atoms with Crippen molar-refractivity contribution in [3.8, 4) is 0 Å². The van der Waals surface area contributed by atoms with Crippen LogP contribution in [-0.2, 0) is 9.53 Å². The Morgan fingerprint density at radius 2 is 2.12 bits per heavy atom. The molecule has 5 heteroatoms. The minimum atomic E-state index is -0.794. The van der Waals surface area contributed by atoms with Gasteiger partial charge in [-0.3, -0.25) is 4.79 Å². The van der Waals surface area contributed by atoms with Crippen LogP contribution >= 0.6 is 0 Å². The van der Waals surface area contributed by atoms with Crippen LogP contribution in [0.3, 0.4) is 0 Å². The molecule has 5 nitrogen and oxygen atoms in total. The number of carbonyl (C=O) groups excluding carboxylic acids is 1. The highest BCUT2D eigenvalue weighted by Crippen LogP contribution is 2.03. The van der Waals surface area contributed by atoms with Crippen LogP contribution in [0.1, 0.15) is 20.8 Å². The van der Waals surface area contributed by atoms with Crippen molar-refractivity contribution >= 4 is 5.97 Å². The molecule has 0 aromatic rings. The summed E-state index contributed by atoms with van der Waals surface area (Å²) in [7, 11) is 3.82. The normalized spacial score (nSPS) is 16.6. The number of rotatable bonds is 8. The van der Waals surface area contributed by atoms with Crippen LogP contribution in [0, 0.1) is 5.92 Å². The second kappa shape index (κ2) is 7.63. The molecule has 0 heterocycles. The van der Waals surface area contributed by atoms with E-state index >= 15 is 0 Å². The van der Waals surface area contributed by atoms with Crippen molar-refractivity contribution < 1.29 is 14.6 Å². The van der Waals surface area contributed by atoms with E-state index in [-0.39, 0.29) is 11.9 Å². The highest BCUT2D eigenvalue weighted by Gasteiger charge is 2.22. The van der Waals surface area contributed by atoms with Crippen molar-refractivity contribution in [2.45, 2.75) is 26.4 Å². The fraction of sp³-hybridized carbons (Fsp3) is 0.917. The number of hydrogen-bond acceptors (Lipinski definition) is 5. The first-order chi connectivity index (χ1) is 7.78. The van der Waals surface area contributed by atoms with Crippen molar-refractivity contribution in [3.05, 3.63) is 0 Å². The van der Waals surface area contributed by atoms with Crippen LogP contribution in [0.25, 0.3) is 0 Å². The van der Waals surface area contributed by atoms with Crippen molar-refractivity contribution in [2.24, 2.45) is 5.92 Å². The van der Waals surface area contributed by atoms with Crippen molar-refractivity contribution in [1.82, 2.24) is 10.2 Å². The summed E-state index contributed by atoms with van der Waals surface area (Å²) >= 11 is 0. The first-order valence-electron chi connectivity index (χ1n) is 6.03. The van der Waals surface area contributed by atoms with Crippen LogP contribution in [0.4, 0.5) is 0 Å². The molecule has 0 spiro atoms. The Balaban J connectivity index is 3.86. The smallest absolute Gasteiger partial charge is 0.309 e. The SMILES string of the molecule is CCOC(=O)C(C)CNCC(C)(O)CN(C)C. The molecule has 2 atom stereocenters. The van der Waals surface area contributed by atoms with Crippen molar-refractivity contribution in [2.75, 3.05) is 40.3 Å². The number of likely N-dealkylation sites (N-methyl/N-ethyl adjacent to an activating group) is 1. The van der Waals surface area contributed by atoms with Crippen LogP contribution in [-0.4, -0.2) is 61.9 Å². The van der Waals surface area contributed by atoms with E-state index in [0.717, 1.165) is 0 Å². The third-order valence-corrected chi connectivity index (χ3v) is 2.30. The van der Waals surface area contributed by atoms with Gasteiger partial charge in [0.25, 0.3) is 0 Å². The molecule has 0 bridgehead atoms.